The highest BCUT2D eigenvalue weighted by atomic mass is 32.2. The van der Waals surface area contributed by atoms with Crippen LogP contribution in [0, 0.1) is 10.1 Å². The van der Waals surface area contributed by atoms with Crippen LogP contribution in [0.25, 0.3) is 6.08 Å². The van der Waals surface area contributed by atoms with Crippen molar-refractivity contribution in [2.75, 3.05) is 0 Å². The van der Waals surface area contributed by atoms with Gasteiger partial charge in [0.1, 0.15) is 10.4 Å². The Morgan fingerprint density at radius 3 is 2.78 bits per heavy atom. The van der Waals surface area contributed by atoms with Gasteiger partial charge in [-0.05, 0) is 24.6 Å². The molecule has 0 radical (unpaired) electrons. The number of amides is 1. The standard InChI is InChI=1S/C18H18N2O5S2/c1-2-3-9-14(17(22)23)19-16(21)15(27-18(19)26)11-6-8-12-7-4-5-10-13(12)20(24)25/h4-8,10-11,14H,2-3,9H2,1H3,(H,22,23)/b8-6+,15-11-. The molecule has 9 heteroatoms. The first-order valence-electron chi connectivity index (χ1n) is 8.26. The fourth-order valence-electron chi connectivity index (χ4n) is 2.56. The molecule has 1 saturated heterocycles. The second-order valence-corrected chi connectivity index (χ2v) is 7.42. The predicted octanol–water partition coefficient (Wildman–Crippen LogP) is 4.00. The molecule has 1 aliphatic rings. The van der Waals surface area contributed by atoms with Crippen LogP contribution in [0.15, 0.2) is 41.3 Å². The smallest absolute Gasteiger partial charge is 0.326 e. The lowest BCUT2D eigenvalue weighted by Gasteiger charge is -2.22. The summed E-state index contributed by atoms with van der Waals surface area (Å²) in [5, 5.41) is 20.5. The minimum Gasteiger partial charge on any atom is -0.480 e. The number of para-hydroxylation sites is 1. The first-order valence-corrected chi connectivity index (χ1v) is 9.49. The molecule has 1 aromatic carbocycles. The lowest BCUT2D eigenvalue weighted by atomic mass is 10.1. The van der Waals surface area contributed by atoms with Gasteiger partial charge in [-0.25, -0.2) is 4.79 Å². The molecular weight excluding hydrogens is 388 g/mol. The van der Waals surface area contributed by atoms with Crippen molar-refractivity contribution in [1.29, 1.82) is 0 Å². The fourth-order valence-corrected chi connectivity index (χ4v) is 3.87. The van der Waals surface area contributed by atoms with Crippen molar-refractivity contribution in [3.8, 4) is 0 Å². The van der Waals surface area contributed by atoms with Gasteiger partial charge in [-0.3, -0.25) is 19.8 Å². The highest BCUT2D eigenvalue weighted by Crippen LogP contribution is 2.34. The third kappa shape index (κ3) is 5.01. The molecule has 27 heavy (non-hydrogen) atoms. The van der Waals surface area contributed by atoms with Crippen LogP contribution in [0.1, 0.15) is 31.7 Å². The maximum atomic E-state index is 12.6. The van der Waals surface area contributed by atoms with E-state index in [1.807, 2.05) is 6.92 Å². The molecule has 0 spiro atoms. The van der Waals surface area contributed by atoms with E-state index < -0.39 is 22.8 Å². The van der Waals surface area contributed by atoms with Crippen LogP contribution in [-0.2, 0) is 9.59 Å². The topological polar surface area (TPSA) is 101 Å². The molecule has 2 rings (SSSR count). The summed E-state index contributed by atoms with van der Waals surface area (Å²) in [6.07, 6.45) is 6.36. The number of thioether (sulfide) groups is 1. The van der Waals surface area contributed by atoms with E-state index in [2.05, 4.69) is 0 Å². The van der Waals surface area contributed by atoms with Crippen molar-refractivity contribution in [3.05, 3.63) is 57.0 Å². The summed E-state index contributed by atoms with van der Waals surface area (Å²) >= 11 is 6.22. The second kappa shape index (κ2) is 9.43. The number of nitrogens with zero attached hydrogens (tertiary/aromatic N) is 2. The molecule has 0 aromatic heterocycles. The zero-order chi connectivity index (χ0) is 20.0. The number of thiocarbonyl (C=S) groups is 1. The van der Waals surface area contributed by atoms with Gasteiger partial charge in [0.15, 0.2) is 0 Å². The van der Waals surface area contributed by atoms with Gasteiger partial charge in [0.25, 0.3) is 11.6 Å². The van der Waals surface area contributed by atoms with E-state index in [4.69, 9.17) is 12.2 Å². The van der Waals surface area contributed by atoms with Gasteiger partial charge in [-0.2, -0.15) is 0 Å². The van der Waals surface area contributed by atoms with E-state index in [1.165, 1.54) is 24.3 Å². The van der Waals surface area contributed by atoms with E-state index in [1.54, 1.807) is 18.2 Å². The number of nitro groups is 1. The molecule has 1 aromatic rings. The maximum absolute atomic E-state index is 12.6. The number of hydrogen-bond donors (Lipinski definition) is 1. The zero-order valence-electron chi connectivity index (χ0n) is 14.5. The summed E-state index contributed by atoms with van der Waals surface area (Å²) < 4.78 is 0.203. The van der Waals surface area contributed by atoms with Crippen LogP contribution in [0.4, 0.5) is 5.69 Å². The summed E-state index contributed by atoms with van der Waals surface area (Å²) in [7, 11) is 0. The molecule has 1 aliphatic heterocycles. The zero-order valence-corrected chi connectivity index (χ0v) is 16.2. The Bertz CT molecular complexity index is 835. The monoisotopic (exact) mass is 406 g/mol. The number of aliphatic carboxylic acids is 1. The highest BCUT2D eigenvalue weighted by molar-refractivity contribution is 8.26. The Balaban J connectivity index is 2.21. The predicted molar refractivity (Wildman–Crippen MR) is 108 cm³/mol. The minimum atomic E-state index is -1.09. The summed E-state index contributed by atoms with van der Waals surface area (Å²) in [6.45, 7) is 1.94. The summed E-state index contributed by atoms with van der Waals surface area (Å²) in [5.41, 5.74) is 0.362. The average Bonchev–Trinajstić information content (AvgIpc) is 2.90. The van der Waals surface area contributed by atoms with Gasteiger partial charge < -0.3 is 5.11 Å². The average molecular weight is 406 g/mol. The molecule has 1 unspecified atom stereocenters. The van der Waals surface area contributed by atoms with E-state index in [0.29, 0.717) is 18.4 Å². The molecule has 1 atom stereocenters. The number of carboxylic acid groups (broad SMARTS) is 1. The first-order chi connectivity index (χ1) is 12.9. The molecule has 0 saturated carbocycles. The number of nitro benzene ring substituents is 1. The number of allylic oxidation sites excluding steroid dienone is 2. The number of carbonyl (C=O) groups excluding carboxylic acids is 1. The van der Waals surface area contributed by atoms with Crippen LogP contribution < -0.4 is 0 Å². The number of benzene rings is 1. The van der Waals surface area contributed by atoms with E-state index in [9.17, 15) is 24.8 Å². The molecule has 0 bridgehead atoms. The van der Waals surface area contributed by atoms with Gasteiger partial charge in [-0.1, -0.05) is 62.0 Å². The largest absolute Gasteiger partial charge is 0.480 e. The Kier molecular flexibility index (Phi) is 7.26. The third-order valence-electron chi connectivity index (χ3n) is 3.91. The summed E-state index contributed by atoms with van der Waals surface area (Å²) in [4.78, 5) is 36.1. The van der Waals surface area contributed by atoms with E-state index >= 15 is 0 Å². The van der Waals surface area contributed by atoms with Crippen molar-refractivity contribution in [2.45, 2.75) is 32.2 Å². The number of carbonyl (C=O) groups is 2. The molecule has 7 nitrogen and oxygen atoms in total. The van der Waals surface area contributed by atoms with E-state index in [0.717, 1.165) is 23.1 Å². The number of hydrogen-bond acceptors (Lipinski definition) is 6. The van der Waals surface area contributed by atoms with Crippen molar-refractivity contribution in [1.82, 2.24) is 4.90 Å². The van der Waals surface area contributed by atoms with Crippen molar-refractivity contribution >= 4 is 51.9 Å². The van der Waals surface area contributed by atoms with Gasteiger partial charge in [0.2, 0.25) is 0 Å². The van der Waals surface area contributed by atoms with Gasteiger partial charge in [0, 0.05) is 6.07 Å². The Morgan fingerprint density at radius 2 is 2.15 bits per heavy atom. The maximum Gasteiger partial charge on any atom is 0.326 e. The van der Waals surface area contributed by atoms with Crippen LogP contribution in [0.2, 0.25) is 0 Å². The molecule has 1 amide bonds. The molecule has 0 aliphatic carbocycles. The quantitative estimate of drug-likeness (QED) is 0.301. The van der Waals surface area contributed by atoms with Crippen LogP contribution in [0.5, 0.6) is 0 Å². The molecule has 1 fully saturated rings. The molecule has 1 N–H and O–H groups in total. The summed E-state index contributed by atoms with van der Waals surface area (Å²) in [5.74, 6) is -1.54. The Morgan fingerprint density at radius 1 is 1.44 bits per heavy atom. The normalized spacial score (nSPS) is 17.1. The van der Waals surface area contributed by atoms with E-state index in [-0.39, 0.29) is 14.9 Å². The van der Waals surface area contributed by atoms with Crippen molar-refractivity contribution < 1.29 is 19.6 Å². The number of rotatable bonds is 8. The van der Waals surface area contributed by atoms with Crippen LogP contribution in [0.3, 0.4) is 0 Å². The molecule has 142 valence electrons. The van der Waals surface area contributed by atoms with Gasteiger partial charge in [-0.15, -0.1) is 0 Å². The number of unbranched alkanes of at least 4 members (excludes halogenated alkanes) is 1. The summed E-state index contributed by atoms with van der Waals surface area (Å²) in [6, 6.07) is 5.26. The lowest BCUT2D eigenvalue weighted by molar-refractivity contribution is -0.385. The fraction of sp³-hybridized carbons (Fsp3) is 0.278. The molecule has 1 heterocycles. The minimum absolute atomic E-state index is 0.0415. The Hall–Kier alpha value is -2.52. The van der Waals surface area contributed by atoms with Crippen molar-refractivity contribution in [3.63, 3.8) is 0 Å². The van der Waals surface area contributed by atoms with Crippen LogP contribution in [-0.4, -0.2) is 37.2 Å². The lowest BCUT2D eigenvalue weighted by Crippen LogP contribution is -2.43. The third-order valence-corrected chi connectivity index (χ3v) is 5.26. The first kappa shape index (κ1) is 20.8. The van der Waals surface area contributed by atoms with Gasteiger partial charge >= 0.3 is 5.97 Å². The molecular formula is C18H18N2O5S2. The highest BCUT2D eigenvalue weighted by Gasteiger charge is 2.39. The number of carboxylic acids is 1. The van der Waals surface area contributed by atoms with Crippen molar-refractivity contribution in [2.24, 2.45) is 0 Å². The van der Waals surface area contributed by atoms with Crippen LogP contribution >= 0.6 is 24.0 Å². The van der Waals surface area contributed by atoms with Gasteiger partial charge in [0.05, 0.1) is 15.4 Å². The second-order valence-electron chi connectivity index (χ2n) is 5.75. The SMILES string of the molecule is CCCCC(C(=O)O)N1C(=O)/C(=C/C=C/c2ccccc2[N+](=O)[O-])SC1=S. The Labute approximate surface area is 165 Å².